The Bertz CT molecular complexity index is 1060. The average molecular weight is 457 g/mol. The number of nitrogens with zero attached hydrogens (tertiary/aromatic N) is 6. The summed E-state index contributed by atoms with van der Waals surface area (Å²) in [5, 5.41) is 27.4. The van der Waals surface area contributed by atoms with Crippen LogP contribution >= 0.6 is 11.3 Å². The predicted molar refractivity (Wildman–Crippen MR) is 123 cm³/mol. The van der Waals surface area contributed by atoms with Crippen LogP contribution in [0.2, 0.25) is 0 Å². The van der Waals surface area contributed by atoms with Gasteiger partial charge in [-0.1, -0.05) is 0 Å². The van der Waals surface area contributed by atoms with Crippen molar-refractivity contribution in [1.29, 1.82) is 0 Å². The molecule has 1 N–H and O–H groups in total. The molecule has 0 unspecified atom stereocenters. The maximum absolute atomic E-state index is 11.0. The van der Waals surface area contributed by atoms with Gasteiger partial charge in [0, 0.05) is 55.7 Å². The van der Waals surface area contributed by atoms with E-state index in [1.807, 2.05) is 5.38 Å². The minimum absolute atomic E-state index is 0.0860. The molecule has 0 aliphatic carbocycles. The zero-order valence-electron chi connectivity index (χ0n) is 18.2. The van der Waals surface area contributed by atoms with Crippen molar-refractivity contribution in [2.24, 2.45) is 5.92 Å². The summed E-state index contributed by atoms with van der Waals surface area (Å²) in [4.78, 5) is 9.09. The summed E-state index contributed by atoms with van der Waals surface area (Å²) in [5.41, 5.74) is 2.84. The molecule has 32 heavy (non-hydrogen) atoms. The van der Waals surface area contributed by atoms with E-state index in [0.29, 0.717) is 13.2 Å². The van der Waals surface area contributed by atoms with E-state index < -0.39 is 6.10 Å². The Balaban J connectivity index is 1.35. The first-order chi connectivity index (χ1) is 15.7. The van der Waals surface area contributed by atoms with E-state index in [4.69, 9.17) is 9.47 Å². The van der Waals surface area contributed by atoms with Gasteiger partial charge in [-0.2, -0.15) is 0 Å². The Morgan fingerprint density at radius 1 is 1.22 bits per heavy atom. The van der Waals surface area contributed by atoms with E-state index in [2.05, 4.69) is 48.4 Å². The SMILES string of the molecule is COCc1csc([C@@H](O)[C@H]2CCCN(c3nnnc4cc(N5CCOCC5)ccc34)C2)n1. The molecule has 2 atom stereocenters. The van der Waals surface area contributed by atoms with Crippen molar-refractivity contribution in [2.75, 3.05) is 56.3 Å². The van der Waals surface area contributed by atoms with Crippen LogP contribution in [0.15, 0.2) is 23.6 Å². The smallest absolute Gasteiger partial charge is 0.162 e. The Morgan fingerprint density at radius 2 is 2.09 bits per heavy atom. The summed E-state index contributed by atoms with van der Waals surface area (Å²) < 4.78 is 10.6. The van der Waals surface area contributed by atoms with Gasteiger partial charge in [-0.3, -0.25) is 0 Å². The first-order valence-electron chi connectivity index (χ1n) is 11.0. The zero-order valence-corrected chi connectivity index (χ0v) is 19.0. The number of hydrogen-bond donors (Lipinski definition) is 1. The van der Waals surface area contributed by atoms with E-state index in [1.165, 1.54) is 11.3 Å². The first kappa shape index (κ1) is 21.4. The topological polar surface area (TPSA) is 96.7 Å². The van der Waals surface area contributed by atoms with Gasteiger partial charge >= 0.3 is 0 Å². The molecular formula is C22H28N6O3S. The Kier molecular flexibility index (Phi) is 6.44. The fraction of sp³-hybridized carbons (Fsp3) is 0.545. The minimum Gasteiger partial charge on any atom is -0.386 e. The predicted octanol–water partition coefficient (Wildman–Crippen LogP) is 2.41. The highest BCUT2D eigenvalue weighted by atomic mass is 32.1. The maximum Gasteiger partial charge on any atom is 0.162 e. The number of aliphatic hydroxyl groups is 1. The van der Waals surface area contributed by atoms with E-state index >= 15 is 0 Å². The third-order valence-electron chi connectivity index (χ3n) is 6.21. The van der Waals surface area contributed by atoms with Crippen LogP contribution in [0.5, 0.6) is 0 Å². The van der Waals surface area contributed by atoms with Crippen LogP contribution < -0.4 is 9.80 Å². The standard InChI is InChI=1S/C22H28N6O3S/c1-30-13-16-14-32-22(23-16)20(29)15-3-2-6-28(12-15)21-18-5-4-17(11-19(18)24-26-25-21)27-7-9-31-10-8-27/h4-5,11,14-15,20,29H,2-3,6-10,12-13H2,1H3/t15-,20-/m0/s1. The molecule has 2 aromatic heterocycles. The highest BCUT2D eigenvalue weighted by molar-refractivity contribution is 7.09. The molecule has 5 rings (SSSR count). The van der Waals surface area contributed by atoms with Crippen molar-refractivity contribution < 1.29 is 14.6 Å². The van der Waals surface area contributed by atoms with Crippen LogP contribution in [0.1, 0.15) is 29.6 Å². The van der Waals surface area contributed by atoms with Gasteiger partial charge in [-0.05, 0) is 36.3 Å². The maximum atomic E-state index is 11.0. The molecule has 2 aliphatic rings. The molecule has 4 heterocycles. The molecular weight excluding hydrogens is 428 g/mol. The molecule has 10 heteroatoms. The number of aliphatic hydroxyl groups excluding tert-OH is 1. The molecule has 0 amide bonds. The fourth-order valence-electron chi connectivity index (χ4n) is 4.54. The average Bonchev–Trinajstić information content (AvgIpc) is 3.32. The quantitative estimate of drug-likeness (QED) is 0.600. The number of anilines is 2. The van der Waals surface area contributed by atoms with Crippen molar-refractivity contribution in [1.82, 2.24) is 20.4 Å². The lowest BCUT2D eigenvalue weighted by Crippen LogP contribution is -2.38. The number of benzene rings is 1. The Hall–Kier alpha value is -2.40. The number of ether oxygens (including phenoxy) is 2. The molecule has 1 aromatic carbocycles. The molecule has 0 saturated carbocycles. The summed E-state index contributed by atoms with van der Waals surface area (Å²) in [5.74, 6) is 0.919. The van der Waals surface area contributed by atoms with Crippen LogP contribution in [-0.2, 0) is 16.1 Å². The number of methoxy groups -OCH3 is 1. The third-order valence-corrected chi connectivity index (χ3v) is 7.17. The van der Waals surface area contributed by atoms with Gasteiger partial charge in [0.1, 0.15) is 16.6 Å². The second kappa shape index (κ2) is 9.62. The molecule has 0 bridgehead atoms. The second-order valence-electron chi connectivity index (χ2n) is 8.32. The normalized spacial score (nSPS) is 20.6. The summed E-state index contributed by atoms with van der Waals surface area (Å²) in [7, 11) is 1.65. The highest BCUT2D eigenvalue weighted by Crippen LogP contribution is 2.35. The first-order valence-corrected chi connectivity index (χ1v) is 11.9. The summed E-state index contributed by atoms with van der Waals surface area (Å²) in [6, 6.07) is 6.31. The number of fused-ring (bicyclic) bond motifs is 1. The number of aromatic nitrogens is 4. The van der Waals surface area contributed by atoms with Crippen LogP contribution in [0.4, 0.5) is 11.5 Å². The lowest BCUT2D eigenvalue weighted by atomic mass is 9.92. The lowest BCUT2D eigenvalue weighted by Gasteiger charge is -2.35. The summed E-state index contributed by atoms with van der Waals surface area (Å²) >= 11 is 1.49. The van der Waals surface area contributed by atoms with Gasteiger partial charge < -0.3 is 24.4 Å². The van der Waals surface area contributed by atoms with Crippen molar-refractivity contribution in [2.45, 2.75) is 25.6 Å². The van der Waals surface area contributed by atoms with Crippen molar-refractivity contribution in [3.8, 4) is 0 Å². The number of thiazole rings is 1. The van der Waals surface area contributed by atoms with E-state index in [1.54, 1.807) is 7.11 Å². The summed E-state index contributed by atoms with van der Waals surface area (Å²) in [6.07, 6.45) is 1.34. The van der Waals surface area contributed by atoms with Gasteiger partial charge in [0.05, 0.1) is 25.5 Å². The van der Waals surface area contributed by atoms with Gasteiger partial charge in [0.2, 0.25) is 0 Å². The molecule has 0 radical (unpaired) electrons. The third kappa shape index (κ3) is 4.40. The molecule has 2 aliphatic heterocycles. The van der Waals surface area contributed by atoms with Crippen molar-refractivity contribution in [3.63, 3.8) is 0 Å². The Morgan fingerprint density at radius 3 is 2.94 bits per heavy atom. The van der Waals surface area contributed by atoms with Crippen LogP contribution in [0.3, 0.4) is 0 Å². The largest absolute Gasteiger partial charge is 0.386 e. The molecule has 170 valence electrons. The van der Waals surface area contributed by atoms with Crippen molar-refractivity contribution >= 4 is 33.7 Å². The van der Waals surface area contributed by atoms with Crippen LogP contribution in [0.25, 0.3) is 10.9 Å². The molecule has 9 nitrogen and oxygen atoms in total. The molecule has 3 aromatic rings. The minimum atomic E-state index is -0.595. The van der Waals surface area contributed by atoms with E-state index in [9.17, 15) is 5.11 Å². The number of morpholine rings is 1. The number of hydrogen-bond acceptors (Lipinski definition) is 10. The number of piperidine rings is 1. The van der Waals surface area contributed by atoms with Gasteiger partial charge in [-0.15, -0.1) is 21.5 Å². The van der Waals surface area contributed by atoms with E-state index in [-0.39, 0.29) is 5.92 Å². The zero-order chi connectivity index (χ0) is 21.9. The Labute approximate surface area is 191 Å². The van der Waals surface area contributed by atoms with Crippen molar-refractivity contribution in [3.05, 3.63) is 34.3 Å². The highest BCUT2D eigenvalue weighted by Gasteiger charge is 2.30. The summed E-state index contributed by atoms with van der Waals surface area (Å²) in [6.45, 7) is 5.31. The molecule has 2 saturated heterocycles. The van der Waals surface area contributed by atoms with Gasteiger partial charge in [0.15, 0.2) is 5.82 Å². The van der Waals surface area contributed by atoms with Gasteiger partial charge in [0.25, 0.3) is 0 Å². The monoisotopic (exact) mass is 456 g/mol. The van der Waals surface area contributed by atoms with Crippen LogP contribution in [0, 0.1) is 5.92 Å². The van der Waals surface area contributed by atoms with E-state index in [0.717, 1.165) is 78.8 Å². The second-order valence-corrected chi connectivity index (χ2v) is 9.21. The fourth-order valence-corrected chi connectivity index (χ4v) is 5.42. The number of rotatable bonds is 6. The molecule has 2 fully saturated rings. The van der Waals surface area contributed by atoms with Crippen LogP contribution in [-0.4, -0.2) is 72.0 Å². The van der Waals surface area contributed by atoms with Gasteiger partial charge in [-0.25, -0.2) is 4.98 Å². The molecule has 0 spiro atoms. The lowest BCUT2D eigenvalue weighted by molar-refractivity contribution is 0.0971.